The van der Waals surface area contributed by atoms with Gasteiger partial charge in [-0.2, -0.15) is 8.78 Å². The number of thioether (sulfide) groups is 1. The van der Waals surface area contributed by atoms with E-state index >= 15 is 0 Å². The van der Waals surface area contributed by atoms with Gasteiger partial charge in [-0.1, -0.05) is 23.4 Å². The van der Waals surface area contributed by atoms with Crippen molar-refractivity contribution in [3.8, 4) is 0 Å². The Kier molecular flexibility index (Phi) is 4.92. The molecule has 0 aliphatic carbocycles. The maximum atomic E-state index is 12.2. The van der Waals surface area contributed by atoms with Gasteiger partial charge in [0.1, 0.15) is 5.69 Å². The average molecular weight is 315 g/mol. The van der Waals surface area contributed by atoms with E-state index in [9.17, 15) is 13.6 Å². The van der Waals surface area contributed by atoms with E-state index in [1.165, 1.54) is 24.4 Å². The van der Waals surface area contributed by atoms with Crippen LogP contribution >= 0.6 is 23.4 Å². The molecule has 2 rings (SSSR count). The van der Waals surface area contributed by atoms with Crippen molar-refractivity contribution in [3.63, 3.8) is 0 Å². The molecule has 2 aromatic rings. The summed E-state index contributed by atoms with van der Waals surface area (Å²) in [5.74, 6) is -2.88. The van der Waals surface area contributed by atoms with E-state index in [2.05, 4.69) is 10.3 Å². The molecule has 0 radical (unpaired) electrons. The summed E-state index contributed by atoms with van der Waals surface area (Å²) in [6.45, 7) is 0. The first-order valence-electron chi connectivity index (χ1n) is 5.52. The molecule has 0 fully saturated rings. The molecule has 0 bridgehead atoms. The predicted molar refractivity (Wildman–Crippen MR) is 75.5 cm³/mol. The maximum absolute atomic E-state index is 12.2. The third-order valence-electron chi connectivity index (χ3n) is 2.29. The second kappa shape index (κ2) is 6.67. The van der Waals surface area contributed by atoms with E-state index < -0.39 is 11.7 Å². The third kappa shape index (κ3) is 4.18. The molecule has 1 aromatic carbocycles. The van der Waals surface area contributed by atoms with Gasteiger partial charge in [0, 0.05) is 21.8 Å². The van der Waals surface area contributed by atoms with E-state index in [-0.39, 0.29) is 5.69 Å². The second-order valence-corrected chi connectivity index (χ2v) is 5.22. The lowest BCUT2D eigenvalue weighted by Gasteiger charge is -2.06. The number of pyridine rings is 1. The lowest BCUT2D eigenvalue weighted by atomic mass is 10.3. The van der Waals surface area contributed by atoms with Crippen LogP contribution in [0.1, 0.15) is 10.5 Å². The predicted octanol–water partition coefficient (Wildman–Crippen LogP) is 4.30. The highest BCUT2D eigenvalue weighted by Crippen LogP contribution is 2.26. The Morgan fingerprint density at radius 1 is 1.25 bits per heavy atom. The Bertz CT molecular complexity index is 608. The van der Waals surface area contributed by atoms with Crippen molar-refractivity contribution in [3.05, 3.63) is 53.3 Å². The fourth-order valence-corrected chi connectivity index (χ4v) is 2.10. The Balaban J connectivity index is 2.04. The molecule has 1 heterocycles. The van der Waals surface area contributed by atoms with Crippen molar-refractivity contribution in [2.24, 2.45) is 0 Å². The van der Waals surface area contributed by atoms with Gasteiger partial charge >= 0.3 is 0 Å². The van der Waals surface area contributed by atoms with E-state index in [4.69, 9.17) is 11.6 Å². The van der Waals surface area contributed by atoms with Gasteiger partial charge in [-0.3, -0.25) is 9.78 Å². The Morgan fingerprint density at radius 2 is 1.95 bits per heavy atom. The summed E-state index contributed by atoms with van der Waals surface area (Å²) in [6, 6.07) is 9.13. The number of nitrogens with zero attached hydrogens (tertiary/aromatic N) is 1. The number of amides is 1. The summed E-state index contributed by atoms with van der Waals surface area (Å²) in [7, 11) is 0. The summed E-state index contributed by atoms with van der Waals surface area (Å²) < 4.78 is 24.3. The molecule has 0 saturated carbocycles. The van der Waals surface area contributed by atoms with Gasteiger partial charge in [-0.15, -0.1) is 0 Å². The Morgan fingerprint density at radius 3 is 2.55 bits per heavy atom. The standard InChI is InChI=1S/C13H9ClF2N2OS/c14-8-5-6-17-11(7-8)12(19)18-9-1-3-10(4-2-9)20-13(15)16/h1-7,13H,(H,18,19). The first kappa shape index (κ1) is 14.7. The average Bonchev–Trinajstić information content (AvgIpc) is 2.40. The number of hydrogen-bond acceptors (Lipinski definition) is 3. The van der Waals surface area contributed by atoms with Crippen molar-refractivity contribution in [2.45, 2.75) is 10.7 Å². The molecule has 0 unspecified atom stereocenters. The van der Waals surface area contributed by atoms with E-state index in [1.807, 2.05) is 0 Å². The highest BCUT2D eigenvalue weighted by Gasteiger charge is 2.09. The number of anilines is 1. The molecule has 0 spiro atoms. The quantitative estimate of drug-likeness (QED) is 0.855. The molecular weight excluding hydrogens is 306 g/mol. The zero-order valence-corrected chi connectivity index (χ0v) is 11.6. The number of halogens is 3. The van der Waals surface area contributed by atoms with Crippen LogP contribution in [0.3, 0.4) is 0 Å². The topological polar surface area (TPSA) is 42.0 Å². The van der Waals surface area contributed by atoms with Crippen molar-refractivity contribution in [1.82, 2.24) is 4.98 Å². The first-order valence-corrected chi connectivity index (χ1v) is 6.78. The molecule has 0 saturated heterocycles. The van der Waals surface area contributed by atoms with E-state index in [1.54, 1.807) is 18.2 Å². The minimum atomic E-state index is -2.47. The fourth-order valence-electron chi connectivity index (χ4n) is 1.44. The summed E-state index contributed by atoms with van der Waals surface area (Å²) >= 11 is 6.22. The van der Waals surface area contributed by atoms with Crippen LogP contribution in [0.4, 0.5) is 14.5 Å². The van der Waals surface area contributed by atoms with Crippen molar-refractivity contribution < 1.29 is 13.6 Å². The lowest BCUT2D eigenvalue weighted by Crippen LogP contribution is -2.13. The van der Waals surface area contributed by atoms with Crippen LogP contribution < -0.4 is 5.32 Å². The van der Waals surface area contributed by atoms with Crippen LogP contribution in [0.5, 0.6) is 0 Å². The van der Waals surface area contributed by atoms with Crippen LogP contribution in [0.25, 0.3) is 0 Å². The number of nitrogens with one attached hydrogen (secondary N) is 1. The number of carbonyl (C=O) groups is 1. The van der Waals surface area contributed by atoms with Crippen molar-refractivity contribution >= 4 is 35.0 Å². The highest BCUT2D eigenvalue weighted by atomic mass is 35.5. The lowest BCUT2D eigenvalue weighted by molar-refractivity contribution is 0.102. The van der Waals surface area contributed by atoms with Crippen LogP contribution in [-0.2, 0) is 0 Å². The second-order valence-electron chi connectivity index (χ2n) is 3.72. The SMILES string of the molecule is O=C(Nc1ccc(SC(F)F)cc1)c1cc(Cl)ccn1. The molecule has 0 aliphatic heterocycles. The van der Waals surface area contributed by atoms with E-state index in [0.717, 1.165) is 0 Å². The highest BCUT2D eigenvalue weighted by molar-refractivity contribution is 7.99. The summed E-state index contributed by atoms with van der Waals surface area (Å²) in [6.07, 6.45) is 1.43. The minimum Gasteiger partial charge on any atom is -0.321 e. The summed E-state index contributed by atoms with van der Waals surface area (Å²) in [5.41, 5.74) is 0.680. The smallest absolute Gasteiger partial charge is 0.288 e. The van der Waals surface area contributed by atoms with Crippen molar-refractivity contribution in [2.75, 3.05) is 5.32 Å². The van der Waals surface area contributed by atoms with Gasteiger partial charge in [0.2, 0.25) is 0 Å². The molecule has 20 heavy (non-hydrogen) atoms. The molecule has 104 valence electrons. The Hall–Kier alpha value is -1.66. The van der Waals surface area contributed by atoms with Gasteiger partial charge in [0.25, 0.3) is 11.7 Å². The van der Waals surface area contributed by atoms with Gasteiger partial charge in [0.15, 0.2) is 0 Å². The number of carbonyl (C=O) groups excluding carboxylic acids is 1. The monoisotopic (exact) mass is 314 g/mol. The number of alkyl halides is 2. The number of hydrogen-bond donors (Lipinski definition) is 1. The fraction of sp³-hybridized carbons (Fsp3) is 0.0769. The normalized spacial score (nSPS) is 10.6. The zero-order valence-electron chi connectivity index (χ0n) is 10.0. The number of benzene rings is 1. The van der Waals surface area contributed by atoms with E-state index in [0.29, 0.717) is 27.4 Å². The van der Waals surface area contributed by atoms with Gasteiger partial charge in [0.05, 0.1) is 0 Å². The van der Waals surface area contributed by atoms with Crippen LogP contribution in [0.15, 0.2) is 47.5 Å². The molecule has 3 nitrogen and oxygen atoms in total. The van der Waals surface area contributed by atoms with Gasteiger partial charge in [-0.25, -0.2) is 0 Å². The van der Waals surface area contributed by atoms with Gasteiger partial charge < -0.3 is 5.32 Å². The minimum absolute atomic E-state index is 0.184. The molecule has 1 amide bonds. The maximum Gasteiger partial charge on any atom is 0.288 e. The molecule has 0 atom stereocenters. The van der Waals surface area contributed by atoms with Crippen LogP contribution in [-0.4, -0.2) is 16.6 Å². The molecule has 1 N–H and O–H groups in total. The van der Waals surface area contributed by atoms with Crippen molar-refractivity contribution in [1.29, 1.82) is 0 Å². The first-order chi connectivity index (χ1) is 9.54. The summed E-state index contributed by atoms with van der Waals surface area (Å²) in [5, 5.41) is 3.02. The van der Waals surface area contributed by atoms with Crippen LogP contribution in [0, 0.1) is 0 Å². The Labute approximate surface area is 123 Å². The van der Waals surface area contributed by atoms with Gasteiger partial charge in [-0.05, 0) is 36.4 Å². The summed E-state index contributed by atoms with van der Waals surface area (Å²) in [4.78, 5) is 16.2. The molecule has 1 aromatic heterocycles. The molecule has 0 aliphatic rings. The molecular formula is C13H9ClF2N2OS. The number of rotatable bonds is 4. The molecule has 7 heteroatoms. The van der Waals surface area contributed by atoms with Crippen LogP contribution in [0.2, 0.25) is 5.02 Å². The zero-order chi connectivity index (χ0) is 14.5. The number of aromatic nitrogens is 1. The third-order valence-corrected chi connectivity index (χ3v) is 3.25. The largest absolute Gasteiger partial charge is 0.321 e.